The highest BCUT2D eigenvalue weighted by atomic mass is 35.5. The molecule has 1 aliphatic rings. The first kappa shape index (κ1) is 13.7. The van der Waals surface area contributed by atoms with Gasteiger partial charge in [-0.05, 0) is 11.6 Å². The Morgan fingerprint density at radius 2 is 1.75 bits per heavy atom. The summed E-state index contributed by atoms with van der Waals surface area (Å²) in [6.45, 7) is 0.730. The fourth-order valence-electron chi connectivity index (χ4n) is 1.93. The monoisotopic (exact) mass is 329 g/mol. The second-order valence-corrected chi connectivity index (χ2v) is 5.44. The number of fused-ring (bicyclic) bond motifs is 1. The fraction of sp³-hybridized carbons (Fsp3) is 0.143. The van der Waals surface area contributed by atoms with Crippen molar-refractivity contribution in [3.05, 3.63) is 51.0 Å². The van der Waals surface area contributed by atoms with Crippen molar-refractivity contribution in [1.82, 2.24) is 0 Å². The summed E-state index contributed by atoms with van der Waals surface area (Å²) in [7, 11) is 0. The molecule has 1 heterocycles. The Balaban J connectivity index is 1.80. The predicted octanol–water partition coefficient (Wildman–Crippen LogP) is 4.99. The highest BCUT2D eigenvalue weighted by molar-refractivity contribution is 6.42. The van der Waals surface area contributed by atoms with Gasteiger partial charge in [-0.15, -0.1) is 0 Å². The van der Waals surface area contributed by atoms with E-state index in [1.54, 1.807) is 12.1 Å². The SMILES string of the molecule is Clc1cc2c(cc1NCc1cccc(Cl)c1Cl)OCO2. The molecule has 3 rings (SSSR count). The lowest BCUT2D eigenvalue weighted by Crippen LogP contribution is -2.01. The lowest BCUT2D eigenvalue weighted by atomic mass is 10.2. The molecule has 6 heteroatoms. The molecule has 104 valence electrons. The minimum atomic E-state index is 0.217. The van der Waals surface area contributed by atoms with Crippen molar-refractivity contribution in [2.45, 2.75) is 6.54 Å². The van der Waals surface area contributed by atoms with Gasteiger partial charge in [0.15, 0.2) is 11.5 Å². The fourth-order valence-corrected chi connectivity index (χ4v) is 2.54. The van der Waals surface area contributed by atoms with E-state index >= 15 is 0 Å². The maximum absolute atomic E-state index is 6.19. The zero-order chi connectivity index (χ0) is 14.1. The molecule has 3 nitrogen and oxygen atoms in total. The van der Waals surface area contributed by atoms with Crippen LogP contribution < -0.4 is 14.8 Å². The summed E-state index contributed by atoms with van der Waals surface area (Å²) >= 11 is 18.3. The van der Waals surface area contributed by atoms with Crippen LogP contribution in [0.2, 0.25) is 15.1 Å². The van der Waals surface area contributed by atoms with E-state index in [-0.39, 0.29) is 6.79 Å². The van der Waals surface area contributed by atoms with E-state index in [1.807, 2.05) is 18.2 Å². The molecule has 0 unspecified atom stereocenters. The first-order chi connectivity index (χ1) is 9.65. The third kappa shape index (κ3) is 2.62. The van der Waals surface area contributed by atoms with E-state index in [4.69, 9.17) is 44.3 Å². The molecule has 0 aromatic heterocycles. The van der Waals surface area contributed by atoms with Gasteiger partial charge in [0.05, 0.1) is 20.8 Å². The Morgan fingerprint density at radius 1 is 1.00 bits per heavy atom. The largest absolute Gasteiger partial charge is 0.454 e. The molecule has 0 atom stereocenters. The van der Waals surface area contributed by atoms with Crippen molar-refractivity contribution >= 4 is 40.5 Å². The van der Waals surface area contributed by atoms with Crippen molar-refractivity contribution in [2.24, 2.45) is 0 Å². The molecular weight excluding hydrogens is 321 g/mol. The average Bonchev–Trinajstić information content (AvgIpc) is 2.87. The third-order valence-corrected chi connectivity index (χ3v) is 4.13. The molecular formula is C14H10Cl3NO2. The molecule has 2 aromatic carbocycles. The molecule has 0 fully saturated rings. The van der Waals surface area contributed by atoms with Crippen LogP contribution in [0.15, 0.2) is 30.3 Å². The number of rotatable bonds is 3. The normalized spacial score (nSPS) is 12.6. The molecule has 1 aliphatic heterocycles. The number of ether oxygens (including phenoxy) is 2. The Hall–Kier alpha value is -1.29. The van der Waals surface area contributed by atoms with Gasteiger partial charge in [0.1, 0.15) is 0 Å². The van der Waals surface area contributed by atoms with Crippen LogP contribution in [-0.4, -0.2) is 6.79 Å². The molecule has 1 N–H and O–H groups in total. The smallest absolute Gasteiger partial charge is 0.231 e. The Morgan fingerprint density at radius 3 is 2.55 bits per heavy atom. The van der Waals surface area contributed by atoms with Crippen LogP contribution >= 0.6 is 34.8 Å². The van der Waals surface area contributed by atoms with E-state index < -0.39 is 0 Å². The van der Waals surface area contributed by atoms with Crippen LogP contribution in [0.5, 0.6) is 11.5 Å². The minimum absolute atomic E-state index is 0.217. The molecule has 0 aliphatic carbocycles. The van der Waals surface area contributed by atoms with E-state index in [0.29, 0.717) is 33.1 Å². The van der Waals surface area contributed by atoms with Crippen LogP contribution in [0.1, 0.15) is 5.56 Å². The summed E-state index contributed by atoms with van der Waals surface area (Å²) in [6, 6.07) is 9.05. The molecule has 0 bridgehead atoms. The van der Waals surface area contributed by atoms with Gasteiger partial charge < -0.3 is 14.8 Å². The number of nitrogens with one attached hydrogen (secondary N) is 1. The minimum Gasteiger partial charge on any atom is -0.454 e. The first-order valence-corrected chi connectivity index (χ1v) is 7.04. The van der Waals surface area contributed by atoms with Gasteiger partial charge in [-0.3, -0.25) is 0 Å². The predicted molar refractivity (Wildman–Crippen MR) is 81.4 cm³/mol. The number of hydrogen-bond acceptors (Lipinski definition) is 3. The Kier molecular flexibility index (Phi) is 3.83. The lowest BCUT2D eigenvalue weighted by Gasteiger charge is -2.11. The second kappa shape index (κ2) is 5.60. The summed E-state index contributed by atoms with van der Waals surface area (Å²) in [6.07, 6.45) is 0. The van der Waals surface area contributed by atoms with E-state index in [0.717, 1.165) is 11.3 Å². The van der Waals surface area contributed by atoms with Gasteiger partial charge in [-0.2, -0.15) is 0 Å². The summed E-state index contributed by atoms with van der Waals surface area (Å²) in [5.41, 5.74) is 1.65. The van der Waals surface area contributed by atoms with Gasteiger partial charge in [0.2, 0.25) is 6.79 Å². The van der Waals surface area contributed by atoms with E-state index in [9.17, 15) is 0 Å². The van der Waals surface area contributed by atoms with Crippen molar-refractivity contribution < 1.29 is 9.47 Å². The number of benzene rings is 2. The standard InChI is InChI=1S/C14H10Cl3NO2/c15-9-3-1-2-8(14(9)17)6-18-11-5-13-12(4-10(11)16)19-7-20-13/h1-5,18H,6-7H2. The van der Waals surface area contributed by atoms with Crippen molar-refractivity contribution in [1.29, 1.82) is 0 Å². The molecule has 0 saturated carbocycles. The molecule has 0 spiro atoms. The van der Waals surface area contributed by atoms with Crippen LogP contribution in [0, 0.1) is 0 Å². The Bertz CT molecular complexity index is 661. The number of halogens is 3. The molecule has 0 saturated heterocycles. The highest BCUT2D eigenvalue weighted by Gasteiger charge is 2.16. The van der Waals surface area contributed by atoms with E-state index in [2.05, 4.69) is 5.32 Å². The zero-order valence-electron chi connectivity index (χ0n) is 10.3. The van der Waals surface area contributed by atoms with Crippen molar-refractivity contribution in [2.75, 3.05) is 12.1 Å². The molecule has 0 radical (unpaired) electrons. The van der Waals surface area contributed by atoms with Crippen molar-refractivity contribution in [3.8, 4) is 11.5 Å². The lowest BCUT2D eigenvalue weighted by molar-refractivity contribution is 0.174. The molecule has 2 aromatic rings. The topological polar surface area (TPSA) is 30.5 Å². The molecule has 0 amide bonds. The second-order valence-electron chi connectivity index (χ2n) is 4.25. The highest BCUT2D eigenvalue weighted by Crippen LogP contribution is 2.39. The van der Waals surface area contributed by atoms with Gasteiger partial charge in [-0.25, -0.2) is 0 Å². The summed E-state index contributed by atoms with van der Waals surface area (Å²) < 4.78 is 10.6. The van der Waals surface area contributed by atoms with Gasteiger partial charge >= 0.3 is 0 Å². The number of anilines is 1. The summed E-state index contributed by atoms with van der Waals surface area (Å²) in [5, 5.41) is 4.85. The summed E-state index contributed by atoms with van der Waals surface area (Å²) in [4.78, 5) is 0. The van der Waals surface area contributed by atoms with Crippen LogP contribution in [-0.2, 0) is 6.54 Å². The van der Waals surface area contributed by atoms with Crippen LogP contribution in [0.25, 0.3) is 0 Å². The molecule has 20 heavy (non-hydrogen) atoms. The van der Waals surface area contributed by atoms with Crippen LogP contribution in [0.4, 0.5) is 5.69 Å². The maximum atomic E-state index is 6.19. The first-order valence-electron chi connectivity index (χ1n) is 5.91. The Labute approximate surface area is 131 Å². The van der Waals surface area contributed by atoms with Gasteiger partial charge in [0.25, 0.3) is 0 Å². The zero-order valence-corrected chi connectivity index (χ0v) is 12.5. The van der Waals surface area contributed by atoms with Crippen LogP contribution in [0.3, 0.4) is 0 Å². The third-order valence-electron chi connectivity index (χ3n) is 2.96. The van der Waals surface area contributed by atoms with Gasteiger partial charge in [0, 0.05) is 18.7 Å². The number of hydrogen-bond donors (Lipinski definition) is 1. The maximum Gasteiger partial charge on any atom is 0.231 e. The summed E-state index contributed by atoms with van der Waals surface area (Å²) in [5.74, 6) is 1.33. The van der Waals surface area contributed by atoms with Crippen molar-refractivity contribution in [3.63, 3.8) is 0 Å². The quantitative estimate of drug-likeness (QED) is 0.860. The van der Waals surface area contributed by atoms with E-state index in [1.165, 1.54) is 0 Å². The van der Waals surface area contributed by atoms with Gasteiger partial charge in [-0.1, -0.05) is 46.9 Å². The average molecular weight is 331 g/mol.